The number of ketones is 3. The molecule has 7 aliphatic rings. The summed E-state index contributed by atoms with van der Waals surface area (Å²) in [5.74, 6) is -7.60. The molecule has 0 spiro atoms. The van der Waals surface area contributed by atoms with Crippen LogP contribution in [0.5, 0.6) is 0 Å². The van der Waals surface area contributed by atoms with Crippen LogP contribution < -0.4 is 20.9 Å². The maximum Gasteiger partial charge on any atom is 0.410 e. The molecular formula is C101H135N17O20. The van der Waals surface area contributed by atoms with E-state index in [1.54, 1.807) is 65.3 Å². The Bertz CT molecular complexity index is 5500. The first-order valence-corrected chi connectivity index (χ1v) is 48.6. The average molecular weight is 1910 g/mol. The normalized spacial score (nSPS) is 26.9. The fourth-order valence-corrected chi connectivity index (χ4v) is 19.7. The number of benzene rings is 1. The number of piperidine rings is 1. The Morgan fingerprint density at radius 1 is 0.703 bits per heavy atom. The minimum atomic E-state index is -2.49. The van der Waals surface area contributed by atoms with Crippen LogP contribution in [0.25, 0.3) is 33.3 Å². The van der Waals surface area contributed by atoms with Crippen molar-refractivity contribution in [2.75, 3.05) is 142 Å². The summed E-state index contributed by atoms with van der Waals surface area (Å²) < 4.78 is 61.2. The van der Waals surface area contributed by atoms with Gasteiger partial charge in [0, 0.05) is 165 Å². The van der Waals surface area contributed by atoms with Gasteiger partial charge in [0.1, 0.15) is 59.7 Å². The number of carbonyl (C=O) groups is 8. The van der Waals surface area contributed by atoms with Gasteiger partial charge in [0.15, 0.2) is 11.4 Å². The summed E-state index contributed by atoms with van der Waals surface area (Å²) in [6.07, 6.45) is 20.7. The van der Waals surface area contributed by atoms with Crippen LogP contribution in [0.3, 0.4) is 0 Å². The van der Waals surface area contributed by atoms with Gasteiger partial charge in [-0.1, -0.05) is 89.3 Å². The summed E-state index contributed by atoms with van der Waals surface area (Å²) in [5, 5.41) is 33.4. The van der Waals surface area contributed by atoms with Crippen LogP contribution in [0, 0.1) is 35.5 Å². The first-order valence-electron chi connectivity index (χ1n) is 48.6. The van der Waals surface area contributed by atoms with Crippen molar-refractivity contribution in [2.24, 2.45) is 35.5 Å². The molecular weight excluding hydrogens is 1770 g/mol. The third-order valence-corrected chi connectivity index (χ3v) is 27.9. The SMILES string of the molecule is CO[C@H]1C[C@@H]2CC[C@@H](C)[C@@](O)(O2)C(=O)C(=O)N2CCCC[C@H]2C(=O)O[C@H]([C@H](C)C[C@@H]2CC[C@@H](OC(=O)N3CCc4nc(N5CCN(c6ncc(C(=O)NCCOCCOCCOCCOCCC(=O)N7CCc8cc(Cn9nc(-c%10cnc%11[nH]ccc%11c%10)c%10c(N)ncnc%109)ccc8C7)cn6)CC5)ncc4C3)[C@H](OC)C2)CC(=O)[C@H](C)/C=C(\C)[C@@H](O)[C@@H](OC)C(=O)[C@H](C)C[C@H](C)/C=C/C=C/C=C/1C. The number of aromatic amines is 1. The molecule has 12 heterocycles. The Morgan fingerprint density at radius 2 is 1.43 bits per heavy atom. The number of hydrogen-bond acceptors (Lipinski definition) is 31. The molecule has 6 N–H and O–H groups in total. The highest BCUT2D eigenvalue weighted by molar-refractivity contribution is 6.39. The maximum atomic E-state index is 14.9. The molecule has 6 aromatic heterocycles. The Balaban J connectivity index is 0.478. The van der Waals surface area contributed by atoms with E-state index in [1.807, 2.05) is 84.0 Å². The summed E-state index contributed by atoms with van der Waals surface area (Å²) in [6, 6.07) is 9.10. The highest BCUT2D eigenvalue weighted by Crippen LogP contribution is 2.41. The van der Waals surface area contributed by atoms with Gasteiger partial charge < -0.3 is 98.1 Å². The lowest BCUT2D eigenvalue weighted by Crippen LogP contribution is -2.61. The number of methoxy groups -OCH3 is 3. The number of nitrogen functional groups attached to an aromatic ring is 1. The number of H-pyrrole nitrogens is 1. The smallest absolute Gasteiger partial charge is 0.410 e. The van der Waals surface area contributed by atoms with Crippen molar-refractivity contribution in [3.8, 4) is 11.3 Å². The van der Waals surface area contributed by atoms with Gasteiger partial charge in [0.2, 0.25) is 23.6 Å². The molecule has 37 heteroatoms. The van der Waals surface area contributed by atoms with Crippen LogP contribution in [0.1, 0.15) is 170 Å². The molecule has 4 fully saturated rings. The molecule has 7 aromatic rings. The van der Waals surface area contributed by atoms with Crippen molar-refractivity contribution < 1.29 is 95.9 Å². The number of fused-ring (bicyclic) bond motifs is 7. The quantitative estimate of drug-likeness (QED) is 0.0132. The molecule has 2 bridgehead atoms. The number of anilines is 3. The summed E-state index contributed by atoms with van der Waals surface area (Å²) in [7, 11) is 4.52. The van der Waals surface area contributed by atoms with E-state index in [-0.39, 0.29) is 87.1 Å². The van der Waals surface area contributed by atoms with E-state index < -0.39 is 102 Å². The van der Waals surface area contributed by atoms with E-state index in [2.05, 4.69) is 58.3 Å². The number of piperazine rings is 1. The van der Waals surface area contributed by atoms with Crippen LogP contribution >= 0.6 is 0 Å². The average Bonchev–Trinajstić information content (AvgIpc) is 1.26. The number of rotatable bonds is 28. The van der Waals surface area contributed by atoms with Crippen molar-refractivity contribution in [3.05, 3.63) is 149 Å². The molecule has 4 amide bonds. The molecule has 1 saturated carbocycles. The van der Waals surface area contributed by atoms with E-state index in [0.717, 1.165) is 51.0 Å². The number of nitrogens with two attached hydrogens (primary N) is 1. The second-order valence-corrected chi connectivity index (χ2v) is 37.7. The van der Waals surface area contributed by atoms with Crippen molar-refractivity contribution in [2.45, 2.75) is 219 Å². The number of allylic oxidation sites excluding steroid dienone is 6. The predicted molar refractivity (Wildman–Crippen MR) is 512 cm³/mol. The van der Waals surface area contributed by atoms with Gasteiger partial charge in [-0.05, 0) is 142 Å². The molecule has 3 saturated heterocycles. The zero-order valence-corrected chi connectivity index (χ0v) is 81.0. The van der Waals surface area contributed by atoms with Crippen molar-refractivity contribution in [1.82, 2.24) is 69.7 Å². The predicted octanol–water partition coefficient (Wildman–Crippen LogP) is 9.37. The van der Waals surface area contributed by atoms with E-state index >= 15 is 0 Å². The zero-order chi connectivity index (χ0) is 97.7. The molecule has 138 heavy (non-hydrogen) atoms. The molecule has 0 radical (unpaired) electrons. The number of aromatic nitrogens is 10. The molecule has 37 nitrogen and oxygen atoms in total. The number of aliphatic hydroxyl groups is 2. The van der Waals surface area contributed by atoms with E-state index in [1.165, 1.54) is 36.3 Å². The van der Waals surface area contributed by atoms with Gasteiger partial charge in [-0.2, -0.15) is 5.10 Å². The lowest BCUT2D eigenvalue weighted by atomic mass is 9.78. The Kier molecular flexibility index (Phi) is 36.1. The number of carbonyl (C=O) groups excluding carboxylic acids is 8. The summed E-state index contributed by atoms with van der Waals surface area (Å²) >= 11 is 0. The highest BCUT2D eigenvalue weighted by atomic mass is 16.6. The fraction of sp³-hybridized carbons (Fsp3) is 0.584. The fourth-order valence-electron chi connectivity index (χ4n) is 19.7. The second-order valence-electron chi connectivity index (χ2n) is 37.7. The highest BCUT2D eigenvalue weighted by Gasteiger charge is 2.54. The van der Waals surface area contributed by atoms with Gasteiger partial charge >= 0.3 is 12.1 Å². The van der Waals surface area contributed by atoms with Crippen LogP contribution in [0.2, 0.25) is 0 Å². The standard InChI is InChI=1S/C101H135N17O20/c1-62-16-12-11-13-17-63(2)82(129-8)52-77-23-19-68(7)101(128,138-77)91(123)96(125)117-31-15-14-18-79(117)97(126)136-83(53-80(119)64(3)47-67(6)89(122)90(131-10)88(121)66(5)46-62)65(4)48-69-21-24-81(84(50-69)130-9)137-100(127)116-33-27-78-76(60-116)57-108-99(111-78)114-36-34-113(35-37-114)98-106-55-75(56-107-98)95(124)104-30-39-133-41-43-135-45-44-134-42-40-132-38-28-85(120)115-32-26-71-49-70(20-22-73(71)59-115)58-118-94-86(92(102)109-61-110-94)87(112-118)74-51-72-25-29-103-93(72)105-54-74/h11-13,16-17,20,22,25,29,47,49,51,54-57,61-62,64-66,68-69,77,79,81-84,89-90,122,128H,14-15,18-19,21,23-24,26-28,30-46,48,50,52-53,58-60H2,1-10H3,(H,103,105)(H,104,124)(H2,102,109,110)/b13-11+,16-12+,63-17+,67-47+/t62-,64-,65-,66-,68-,69+,77+,79+,81-,82+,83+,84-,89-,90+,101-/m1/s1. The van der Waals surface area contributed by atoms with Crippen molar-refractivity contribution >= 4 is 86.9 Å². The molecule has 0 unspecified atom stereocenters. The minimum Gasteiger partial charge on any atom is -0.460 e. The summed E-state index contributed by atoms with van der Waals surface area (Å²) in [6.45, 7) is 20.2. The number of Topliss-reactive ketones (excluding diaryl/α,β-unsaturated/α-hetero) is 3. The minimum absolute atomic E-state index is 0.0248. The molecule has 14 rings (SSSR count). The Hall–Kier alpha value is -11.3. The van der Waals surface area contributed by atoms with Crippen molar-refractivity contribution in [3.63, 3.8) is 0 Å². The lowest BCUT2D eigenvalue weighted by Gasteiger charge is -2.42. The summed E-state index contributed by atoms with van der Waals surface area (Å²) in [4.78, 5) is 157. The Labute approximate surface area is 805 Å². The number of ether oxygens (including phenoxy) is 10. The third kappa shape index (κ3) is 25.9. The Morgan fingerprint density at radius 3 is 2.17 bits per heavy atom. The number of cyclic esters (lactones) is 1. The van der Waals surface area contributed by atoms with Crippen LogP contribution in [0.15, 0.2) is 115 Å². The first-order chi connectivity index (χ1) is 66.6. The number of pyridine rings is 1. The van der Waals surface area contributed by atoms with Gasteiger partial charge in [-0.25, -0.2) is 49.2 Å². The van der Waals surface area contributed by atoms with Crippen molar-refractivity contribution in [1.29, 1.82) is 0 Å². The van der Waals surface area contributed by atoms with Crippen LogP contribution in [-0.4, -0.2) is 303 Å². The third-order valence-electron chi connectivity index (χ3n) is 27.9. The number of amides is 4. The number of nitrogens with one attached hydrogen (secondary N) is 2. The second kappa shape index (κ2) is 48.6. The maximum absolute atomic E-state index is 14.9. The number of aliphatic hydroxyl groups excluding tert-OH is 1. The summed E-state index contributed by atoms with van der Waals surface area (Å²) in [5.41, 5.74) is 15.8. The molecule has 6 aliphatic heterocycles. The van der Waals surface area contributed by atoms with E-state index in [9.17, 15) is 48.6 Å². The van der Waals surface area contributed by atoms with Gasteiger partial charge in [-0.3, -0.25) is 28.8 Å². The number of esters is 1. The molecule has 15 atom stereocenters. The van der Waals surface area contributed by atoms with Crippen LogP contribution in [0.4, 0.5) is 22.5 Å². The number of hydrogen-bond donors (Lipinski definition) is 5. The topological polar surface area (TPSA) is 447 Å². The molecule has 744 valence electrons. The molecule has 1 aromatic carbocycles. The number of nitrogens with zero attached hydrogens (tertiary/aromatic N) is 14. The van der Waals surface area contributed by atoms with Crippen LogP contribution in [-0.2, 0) is 109 Å². The van der Waals surface area contributed by atoms with E-state index in [0.29, 0.717) is 208 Å². The van der Waals surface area contributed by atoms with Gasteiger partial charge in [0.05, 0.1) is 107 Å². The van der Waals surface area contributed by atoms with Gasteiger partial charge in [0.25, 0.3) is 17.6 Å². The first kappa shape index (κ1) is 103. The van der Waals surface area contributed by atoms with Gasteiger partial charge in [-0.15, -0.1) is 0 Å². The monoisotopic (exact) mass is 1910 g/mol. The largest absolute Gasteiger partial charge is 0.460 e. The lowest BCUT2D eigenvalue weighted by molar-refractivity contribution is -0.265. The zero-order valence-electron chi connectivity index (χ0n) is 81.0. The van der Waals surface area contributed by atoms with E-state index in [4.69, 9.17) is 68.2 Å². The molecule has 1 aliphatic carbocycles.